The van der Waals surface area contributed by atoms with E-state index in [9.17, 15) is 18.0 Å². The molecule has 13 heteroatoms. The molecular formula is C23H23N5O6S2. The summed E-state index contributed by atoms with van der Waals surface area (Å²) in [5.74, 6) is -1.41. The van der Waals surface area contributed by atoms with E-state index < -0.39 is 44.6 Å². The Hall–Kier alpha value is -3.55. The van der Waals surface area contributed by atoms with E-state index in [2.05, 4.69) is 10.1 Å². The summed E-state index contributed by atoms with van der Waals surface area (Å²) in [5.41, 5.74) is 12.2. The van der Waals surface area contributed by atoms with Crippen LogP contribution in [-0.4, -0.2) is 54.3 Å². The summed E-state index contributed by atoms with van der Waals surface area (Å²) in [4.78, 5) is 28.3. The van der Waals surface area contributed by atoms with Gasteiger partial charge >= 0.3 is 6.03 Å². The molecule has 3 amide bonds. The number of nitrogens with zero attached hydrogens (tertiary/aromatic N) is 3. The van der Waals surface area contributed by atoms with Crippen LogP contribution in [0.4, 0.5) is 4.79 Å². The van der Waals surface area contributed by atoms with Crippen LogP contribution in [0.2, 0.25) is 0 Å². The van der Waals surface area contributed by atoms with Crippen molar-refractivity contribution in [3.8, 4) is 0 Å². The fourth-order valence-corrected chi connectivity index (χ4v) is 7.81. The molecule has 36 heavy (non-hydrogen) atoms. The summed E-state index contributed by atoms with van der Waals surface area (Å²) in [5, 5.41) is 2.43. The number of urea groups is 1. The molecular weight excluding hydrogens is 506 g/mol. The van der Waals surface area contributed by atoms with Crippen molar-refractivity contribution < 1.29 is 27.5 Å². The number of carbonyl (C=O) groups is 2. The van der Waals surface area contributed by atoms with Gasteiger partial charge in [0.25, 0.3) is 12.1 Å². The number of primary amides is 2. The second-order valence-electron chi connectivity index (χ2n) is 8.40. The van der Waals surface area contributed by atoms with Crippen LogP contribution in [0, 0.1) is 0 Å². The van der Waals surface area contributed by atoms with Gasteiger partial charge in [0.05, 0.1) is 21.6 Å². The smallest absolute Gasteiger partial charge is 0.339 e. The first-order valence-electron chi connectivity index (χ1n) is 11.1. The molecule has 0 spiro atoms. The van der Waals surface area contributed by atoms with Gasteiger partial charge in [0, 0.05) is 6.61 Å². The lowest BCUT2D eigenvalue weighted by Gasteiger charge is -2.31. The number of fused-ring (bicyclic) bond motifs is 1. The number of amides is 3. The number of nitrogens with two attached hydrogens (primary N) is 2. The molecule has 1 saturated heterocycles. The Morgan fingerprint density at radius 2 is 1.81 bits per heavy atom. The molecule has 2 aliphatic heterocycles. The van der Waals surface area contributed by atoms with Gasteiger partial charge in [-0.2, -0.15) is 5.01 Å². The number of hydrazone groups is 1. The molecule has 0 bridgehead atoms. The highest BCUT2D eigenvalue weighted by Crippen LogP contribution is 2.41. The number of carbonyl (C=O) groups excluding carboxylic acids is 2. The molecule has 1 aromatic heterocycles. The number of para-hydroxylation sites is 1. The van der Waals surface area contributed by atoms with E-state index in [-0.39, 0.29) is 30.4 Å². The minimum atomic E-state index is -4.07. The van der Waals surface area contributed by atoms with Gasteiger partial charge in [-0.3, -0.25) is 4.79 Å². The number of rotatable bonds is 6. The monoisotopic (exact) mass is 529 g/mol. The minimum absolute atomic E-state index is 0.201. The fraction of sp³-hybridized carbons (Fsp3) is 0.304. The van der Waals surface area contributed by atoms with E-state index in [1.54, 1.807) is 12.1 Å². The van der Waals surface area contributed by atoms with Crippen LogP contribution in [0.25, 0.3) is 10.2 Å². The number of benzene rings is 2. The Labute approximate surface area is 210 Å². The third-order valence-electron chi connectivity index (χ3n) is 6.09. The van der Waals surface area contributed by atoms with Crippen molar-refractivity contribution in [2.75, 3.05) is 6.61 Å². The van der Waals surface area contributed by atoms with Crippen LogP contribution in [-0.2, 0) is 24.1 Å². The number of sulfone groups is 1. The Balaban J connectivity index is 1.57. The molecule has 4 unspecified atom stereocenters. The van der Waals surface area contributed by atoms with Gasteiger partial charge in [0.1, 0.15) is 5.01 Å². The summed E-state index contributed by atoms with van der Waals surface area (Å²) in [6.45, 7) is 0.237. The van der Waals surface area contributed by atoms with Gasteiger partial charge in [0.15, 0.2) is 15.1 Å². The molecule has 5 rings (SSSR count). The van der Waals surface area contributed by atoms with Gasteiger partial charge in [0.2, 0.25) is 5.90 Å². The number of hydrogen-bond donors (Lipinski definition) is 2. The zero-order chi connectivity index (χ0) is 25.4. The molecule has 188 valence electrons. The third-order valence-corrected chi connectivity index (χ3v) is 9.78. The van der Waals surface area contributed by atoms with E-state index in [0.717, 1.165) is 10.3 Å². The largest absolute Gasteiger partial charge is 0.442 e. The zero-order valence-electron chi connectivity index (χ0n) is 18.9. The molecule has 11 nitrogen and oxygen atoms in total. The predicted octanol–water partition coefficient (Wildman–Crippen LogP) is 2.21. The fourth-order valence-electron chi connectivity index (χ4n) is 4.35. The van der Waals surface area contributed by atoms with Gasteiger partial charge in [-0.15, -0.1) is 16.4 Å². The summed E-state index contributed by atoms with van der Waals surface area (Å²) < 4.78 is 40.6. The predicted molar refractivity (Wildman–Crippen MR) is 132 cm³/mol. The quantitative estimate of drug-likeness (QED) is 0.493. The first-order valence-corrected chi connectivity index (χ1v) is 13.6. The van der Waals surface area contributed by atoms with Crippen molar-refractivity contribution in [2.45, 2.75) is 35.7 Å². The molecule has 0 saturated carbocycles. The molecule has 4 atom stereocenters. The van der Waals surface area contributed by atoms with E-state index in [1.165, 1.54) is 11.3 Å². The summed E-state index contributed by atoms with van der Waals surface area (Å²) >= 11 is 1.17. The lowest BCUT2D eigenvalue weighted by atomic mass is 10.0. The molecule has 2 aliphatic rings. The lowest BCUT2D eigenvalue weighted by Crippen LogP contribution is -2.45. The Bertz CT molecular complexity index is 1410. The highest BCUT2D eigenvalue weighted by Gasteiger charge is 2.49. The first-order chi connectivity index (χ1) is 17.3. The number of aromatic nitrogens is 1. The van der Waals surface area contributed by atoms with Crippen molar-refractivity contribution in [3.63, 3.8) is 0 Å². The van der Waals surface area contributed by atoms with Crippen molar-refractivity contribution in [2.24, 2.45) is 16.6 Å². The highest BCUT2D eigenvalue weighted by atomic mass is 32.2. The summed E-state index contributed by atoms with van der Waals surface area (Å²) in [6.07, 6.45) is -1.61. The SMILES string of the molecule is NC(=O)C1OC(C(c2nc3ccccc3s2)S(=O)(=O)C2CCOC(c3ccccc3)C2)=NN1C(N)=O. The van der Waals surface area contributed by atoms with Crippen LogP contribution in [0.15, 0.2) is 59.7 Å². The van der Waals surface area contributed by atoms with Crippen molar-refractivity contribution in [3.05, 3.63) is 65.2 Å². The summed E-state index contributed by atoms with van der Waals surface area (Å²) in [7, 11) is -4.07. The van der Waals surface area contributed by atoms with E-state index in [1.807, 2.05) is 42.5 Å². The minimum Gasteiger partial charge on any atom is -0.442 e. The Morgan fingerprint density at radius 3 is 2.47 bits per heavy atom. The topological polar surface area (TPSA) is 167 Å². The van der Waals surface area contributed by atoms with Crippen LogP contribution < -0.4 is 11.5 Å². The van der Waals surface area contributed by atoms with Crippen LogP contribution in [0.5, 0.6) is 0 Å². The van der Waals surface area contributed by atoms with Gasteiger partial charge in [-0.1, -0.05) is 42.5 Å². The molecule has 1 fully saturated rings. The van der Waals surface area contributed by atoms with Gasteiger partial charge in [-0.25, -0.2) is 18.2 Å². The van der Waals surface area contributed by atoms with E-state index in [4.69, 9.17) is 20.9 Å². The average molecular weight is 530 g/mol. The first kappa shape index (κ1) is 24.2. The average Bonchev–Trinajstić information content (AvgIpc) is 3.50. The number of hydrogen-bond acceptors (Lipinski definition) is 9. The zero-order valence-corrected chi connectivity index (χ0v) is 20.5. The van der Waals surface area contributed by atoms with E-state index in [0.29, 0.717) is 10.5 Å². The van der Waals surface area contributed by atoms with Gasteiger partial charge in [-0.05, 0) is 30.5 Å². The third kappa shape index (κ3) is 4.40. The lowest BCUT2D eigenvalue weighted by molar-refractivity contribution is -0.129. The number of thiazole rings is 1. The maximum atomic E-state index is 14.2. The second kappa shape index (κ2) is 9.48. The molecule has 0 radical (unpaired) electrons. The van der Waals surface area contributed by atoms with E-state index >= 15 is 0 Å². The standard InChI is InChI=1S/C23H23N5O6S2/c24-19(29)22-28(23(25)30)27-20(34-22)18(21-26-15-8-4-5-9-17(15)35-21)36(31,32)14-10-11-33-16(12-14)13-6-2-1-3-7-13/h1-9,14,16,18,22H,10-12H2,(H2,24,29)(H2,25,30). The molecule has 3 aromatic rings. The van der Waals surface area contributed by atoms with Crippen LogP contribution in [0.3, 0.4) is 0 Å². The van der Waals surface area contributed by atoms with Crippen molar-refractivity contribution in [1.29, 1.82) is 0 Å². The molecule has 3 heterocycles. The van der Waals surface area contributed by atoms with Crippen LogP contribution >= 0.6 is 11.3 Å². The van der Waals surface area contributed by atoms with Crippen LogP contribution in [0.1, 0.15) is 34.8 Å². The maximum absolute atomic E-state index is 14.2. The summed E-state index contributed by atoms with van der Waals surface area (Å²) in [6, 6.07) is 15.5. The molecule has 4 N–H and O–H groups in total. The highest BCUT2D eigenvalue weighted by molar-refractivity contribution is 7.93. The maximum Gasteiger partial charge on any atom is 0.339 e. The normalized spacial score (nSPS) is 23.2. The van der Waals surface area contributed by atoms with Crippen molar-refractivity contribution in [1.82, 2.24) is 9.99 Å². The van der Waals surface area contributed by atoms with Gasteiger partial charge < -0.3 is 20.9 Å². The second-order valence-corrected chi connectivity index (χ2v) is 11.8. The number of ether oxygens (including phenoxy) is 2. The Kier molecular flexibility index (Phi) is 6.36. The Morgan fingerprint density at radius 1 is 1.08 bits per heavy atom. The molecule has 2 aromatic carbocycles. The van der Waals surface area contributed by atoms with Crippen molar-refractivity contribution >= 4 is 49.2 Å². The molecule has 0 aliphatic carbocycles.